The minimum absolute atomic E-state index is 0. The Kier molecular flexibility index (Phi) is 9.61. The Bertz CT molecular complexity index is 331. The molecule has 0 bridgehead atoms. The summed E-state index contributed by atoms with van der Waals surface area (Å²) in [5.41, 5.74) is 0. The Morgan fingerprint density at radius 3 is 2.68 bits per heavy atom. The Hall–Kier alpha value is -0.700. The van der Waals surface area contributed by atoms with Crippen molar-refractivity contribution in [1.82, 2.24) is 0 Å². The molecular formula is C15H52O7. The summed E-state index contributed by atoms with van der Waals surface area (Å²) in [5, 5.41) is 19.0. The van der Waals surface area contributed by atoms with Crippen molar-refractivity contribution in [2.45, 2.75) is 31.3 Å². The van der Waals surface area contributed by atoms with Crippen LogP contribution in [0.4, 0.5) is 0 Å². The van der Waals surface area contributed by atoms with Gasteiger partial charge in [-0.2, -0.15) is 0 Å². The zero-order chi connectivity index (χ0) is 16.4. The molecule has 0 aromatic rings. The Morgan fingerprint density at radius 2 is 2.14 bits per heavy atom. The van der Waals surface area contributed by atoms with Crippen LogP contribution in [0.5, 0.6) is 0 Å². The first kappa shape index (κ1) is 19.3. The van der Waals surface area contributed by atoms with E-state index < -0.39 is 12.2 Å². The fourth-order valence-electron chi connectivity index (χ4n) is 1.98. The van der Waals surface area contributed by atoms with Gasteiger partial charge in [-0.3, -0.25) is 0 Å². The van der Waals surface area contributed by atoms with Gasteiger partial charge >= 0.3 is 0 Å². The molecule has 0 amide bonds. The van der Waals surface area contributed by atoms with Crippen molar-refractivity contribution < 1.29 is 51.0 Å². The first-order valence-electron chi connectivity index (χ1n) is 7.47. The Balaban J connectivity index is -0.0000000403. The summed E-state index contributed by atoms with van der Waals surface area (Å²) in [6, 6.07) is 0. The molecule has 5 atom stereocenters. The van der Waals surface area contributed by atoms with Gasteiger partial charge in [0.2, 0.25) is 0 Å². The molecule has 5 unspecified atom stereocenters. The van der Waals surface area contributed by atoms with Crippen molar-refractivity contribution in [1.29, 1.82) is 0 Å². The van der Waals surface area contributed by atoms with Crippen molar-refractivity contribution in [3.05, 3.63) is 12.8 Å². The minimum Gasteiger partial charge on any atom is -0.493 e. The third-order valence-corrected chi connectivity index (χ3v) is 3.34. The topological polar surface area (TPSA) is 86.6 Å². The quantitative estimate of drug-likeness (QED) is 0.497. The van der Waals surface area contributed by atoms with E-state index in [0.717, 1.165) is 0 Å². The van der Waals surface area contributed by atoms with Crippen molar-refractivity contribution in [3.63, 3.8) is 0 Å². The molecule has 0 aromatic carbocycles. The van der Waals surface area contributed by atoms with Crippen LogP contribution in [0.25, 0.3) is 0 Å². The predicted octanol–water partition coefficient (Wildman–Crippen LogP) is 2.90. The van der Waals surface area contributed by atoms with Gasteiger partial charge in [-0.15, -0.1) is 0 Å². The molecule has 0 aliphatic carbocycles. The fraction of sp³-hybridized carbons (Fsp3) is 0.867. The molecule has 1 aliphatic rings. The molecule has 7 nitrogen and oxygen atoms in total. The third kappa shape index (κ3) is 6.60. The van der Waals surface area contributed by atoms with Crippen LogP contribution in [0.3, 0.4) is 0 Å². The lowest BCUT2D eigenvalue weighted by Gasteiger charge is -2.38. The van der Waals surface area contributed by atoms with E-state index in [0.29, 0.717) is 26.4 Å². The second-order valence-corrected chi connectivity index (χ2v) is 5.44. The Labute approximate surface area is 149 Å². The van der Waals surface area contributed by atoms with Crippen molar-refractivity contribution >= 4 is 0 Å². The summed E-state index contributed by atoms with van der Waals surface area (Å²) in [6.45, 7) is 7.13. The van der Waals surface area contributed by atoms with Crippen molar-refractivity contribution in [2.24, 2.45) is 5.92 Å². The predicted molar refractivity (Wildman–Crippen MR) is 105 cm³/mol. The highest BCUT2D eigenvalue weighted by atomic mass is 16.6. The molecule has 2 N–H and O–H groups in total. The van der Waals surface area contributed by atoms with E-state index in [4.69, 9.17) is 28.8 Å². The van der Waals surface area contributed by atoms with E-state index in [1.807, 2.05) is 6.92 Å². The van der Waals surface area contributed by atoms with E-state index in [1.54, 1.807) is 7.11 Å². The highest BCUT2D eigenvalue weighted by molar-refractivity contribution is 4.87. The molecule has 0 aromatic heterocycles. The maximum absolute atomic E-state index is 10.00. The lowest BCUT2D eigenvalue weighted by atomic mass is 10.0. The zero-order valence-electron chi connectivity index (χ0n) is 13.3. The second-order valence-electron chi connectivity index (χ2n) is 5.44. The van der Waals surface area contributed by atoms with E-state index in [2.05, 4.69) is 6.58 Å². The largest absolute Gasteiger partial charge is 0.493 e. The molecular weight excluding hydrogens is 292 g/mol. The van der Waals surface area contributed by atoms with Crippen LogP contribution in [0.1, 0.15) is 24.0 Å². The van der Waals surface area contributed by atoms with E-state index in [9.17, 15) is 5.11 Å². The highest BCUT2D eigenvalue weighted by Gasteiger charge is 2.39. The zero-order valence-corrected chi connectivity index (χ0v) is 13.3. The molecule has 22 heavy (non-hydrogen) atoms. The number of ether oxygens (including phenoxy) is 5. The smallest absolute Gasteiger partial charge is 0.150 e. The van der Waals surface area contributed by atoms with Gasteiger partial charge < -0.3 is 33.9 Å². The normalized spacial score (nSPS) is 25.1. The lowest BCUT2D eigenvalue weighted by molar-refractivity contribution is -0.214. The summed E-state index contributed by atoms with van der Waals surface area (Å²) in [5.74, 6) is 0.0603. The van der Waals surface area contributed by atoms with Crippen LogP contribution in [0.15, 0.2) is 12.8 Å². The van der Waals surface area contributed by atoms with E-state index >= 15 is 0 Å². The van der Waals surface area contributed by atoms with E-state index in [1.165, 1.54) is 6.26 Å². The van der Waals surface area contributed by atoms with Gasteiger partial charge in [0.1, 0.15) is 24.4 Å². The molecule has 0 saturated carbocycles. The SMILES string of the molecule is C=COC1COC1C(O)COCC(COC)OCC(C)CO.[HH].[HH].[HH].[HH].[HH].[HH].[HH].[HH].[HH].[HH].[HH].[HH]. The summed E-state index contributed by atoms with van der Waals surface area (Å²) in [6.07, 6.45) is -0.229. The number of rotatable bonds is 13. The average molecular weight is 345 g/mol. The number of hydrogen-bond acceptors (Lipinski definition) is 7. The molecule has 0 radical (unpaired) electrons. The number of hydrogen-bond donors (Lipinski definition) is 2. The first-order chi connectivity index (χ1) is 10.6. The molecule has 0 spiro atoms. The molecule has 1 heterocycles. The van der Waals surface area contributed by atoms with Crippen LogP contribution in [-0.2, 0) is 23.7 Å². The second kappa shape index (κ2) is 10.9. The summed E-state index contributed by atoms with van der Waals surface area (Å²) >= 11 is 0. The molecule has 154 valence electrons. The van der Waals surface area contributed by atoms with Crippen LogP contribution >= 0.6 is 0 Å². The number of aliphatic hydroxyl groups is 2. The van der Waals surface area contributed by atoms with Gasteiger partial charge in [0, 0.05) is 36.8 Å². The van der Waals surface area contributed by atoms with Gasteiger partial charge in [-0.25, -0.2) is 0 Å². The van der Waals surface area contributed by atoms with Crippen molar-refractivity contribution in [2.75, 3.05) is 46.8 Å². The van der Waals surface area contributed by atoms with Crippen LogP contribution in [-0.4, -0.2) is 81.4 Å². The first-order valence-corrected chi connectivity index (χ1v) is 7.47. The van der Waals surface area contributed by atoms with Crippen molar-refractivity contribution in [3.8, 4) is 0 Å². The molecule has 7 heteroatoms. The van der Waals surface area contributed by atoms with E-state index in [-0.39, 0.29) is 48.5 Å². The summed E-state index contributed by atoms with van der Waals surface area (Å²) in [7, 11) is 1.58. The lowest BCUT2D eigenvalue weighted by Crippen LogP contribution is -2.54. The van der Waals surface area contributed by atoms with Crippen LogP contribution in [0, 0.1) is 5.92 Å². The van der Waals surface area contributed by atoms with Crippen LogP contribution in [0.2, 0.25) is 0 Å². The van der Waals surface area contributed by atoms with Gasteiger partial charge in [0.25, 0.3) is 0 Å². The maximum atomic E-state index is 10.00. The molecule has 1 fully saturated rings. The summed E-state index contributed by atoms with van der Waals surface area (Å²) in [4.78, 5) is 0. The Morgan fingerprint density at radius 1 is 1.36 bits per heavy atom. The molecule has 1 rings (SSSR count). The number of aliphatic hydroxyl groups excluding tert-OH is 2. The van der Waals surface area contributed by atoms with Gasteiger partial charge in [0.05, 0.1) is 39.3 Å². The van der Waals surface area contributed by atoms with Crippen LogP contribution < -0.4 is 0 Å². The van der Waals surface area contributed by atoms with Gasteiger partial charge in [-0.05, 0) is 0 Å². The highest BCUT2D eigenvalue weighted by Crippen LogP contribution is 2.20. The molecule has 1 aliphatic heterocycles. The monoisotopic (exact) mass is 344 g/mol. The van der Waals surface area contributed by atoms with Gasteiger partial charge in [0.15, 0.2) is 0 Å². The molecule has 1 saturated heterocycles. The maximum Gasteiger partial charge on any atom is 0.150 e. The third-order valence-electron chi connectivity index (χ3n) is 3.34. The fourth-order valence-corrected chi connectivity index (χ4v) is 1.98. The number of methoxy groups -OCH3 is 1. The average Bonchev–Trinajstić information content (AvgIpc) is 2.48. The minimum atomic E-state index is -0.765. The standard InChI is InChI=1S/C15H28O7.12H2/c1-4-20-14-10-22-15(14)13(17)9-19-8-12(7-18-3)21-6-11(2)5-16;;;;;;;;;;;;/h4,11-17H,1,5-10H2,2-3H3;12*1H. The van der Waals surface area contributed by atoms with Gasteiger partial charge in [-0.1, -0.05) is 13.5 Å². The summed E-state index contributed by atoms with van der Waals surface area (Å²) < 4.78 is 26.6.